The number of carbonyl (C=O) groups is 2. The molecule has 0 aromatic carbocycles. The maximum absolute atomic E-state index is 11.1. The number of anilines is 1. The zero-order valence-electron chi connectivity index (χ0n) is 6.90. The van der Waals surface area contributed by atoms with Gasteiger partial charge >= 0.3 is 0 Å². The molecule has 0 bridgehead atoms. The van der Waals surface area contributed by atoms with E-state index in [9.17, 15) is 9.59 Å². The Kier molecular flexibility index (Phi) is 2.96. The summed E-state index contributed by atoms with van der Waals surface area (Å²) in [7, 11) is 0. The van der Waals surface area contributed by atoms with Gasteiger partial charge in [0.2, 0.25) is 0 Å². The number of thiazole rings is 1. The van der Waals surface area contributed by atoms with Crippen LogP contribution >= 0.6 is 11.3 Å². The van der Waals surface area contributed by atoms with Gasteiger partial charge in [0.05, 0.1) is 0 Å². The smallest absolute Gasteiger partial charge is 0.285 e. The van der Waals surface area contributed by atoms with Crippen molar-refractivity contribution in [3.8, 4) is 0 Å². The van der Waals surface area contributed by atoms with Gasteiger partial charge in [0, 0.05) is 0 Å². The van der Waals surface area contributed by atoms with Crippen molar-refractivity contribution in [3.05, 3.63) is 10.6 Å². The highest BCUT2D eigenvalue weighted by Crippen LogP contribution is 2.19. The number of hydrogen-bond acceptors (Lipinski definition) is 7. The van der Waals surface area contributed by atoms with Gasteiger partial charge in [0.15, 0.2) is 10.8 Å². The molecule has 1 heterocycles. The molecule has 8 nitrogen and oxygen atoms in total. The minimum atomic E-state index is -0.698. The summed E-state index contributed by atoms with van der Waals surface area (Å²) >= 11 is 0.849. The van der Waals surface area contributed by atoms with Gasteiger partial charge in [-0.1, -0.05) is 11.3 Å². The lowest BCUT2D eigenvalue weighted by Crippen LogP contribution is -2.34. The van der Waals surface area contributed by atoms with Crippen molar-refractivity contribution >= 4 is 28.3 Å². The summed E-state index contributed by atoms with van der Waals surface area (Å²) in [5.41, 5.74) is 8.90. The van der Waals surface area contributed by atoms with Gasteiger partial charge in [0.25, 0.3) is 11.8 Å². The molecular weight excluding hydrogens is 208 g/mol. The van der Waals surface area contributed by atoms with E-state index in [2.05, 4.69) is 4.98 Å². The first-order chi connectivity index (χ1) is 6.60. The van der Waals surface area contributed by atoms with Crippen molar-refractivity contribution in [2.75, 3.05) is 5.73 Å². The van der Waals surface area contributed by atoms with Crippen LogP contribution in [0.5, 0.6) is 0 Å². The van der Waals surface area contributed by atoms with E-state index in [4.69, 9.17) is 17.4 Å². The van der Waals surface area contributed by atoms with E-state index in [0.717, 1.165) is 11.3 Å². The Hall–Kier alpha value is -1.71. The zero-order valence-corrected chi connectivity index (χ0v) is 7.72. The molecule has 0 aliphatic rings. The van der Waals surface area contributed by atoms with Gasteiger partial charge in [-0.2, -0.15) is 0 Å². The van der Waals surface area contributed by atoms with Crippen LogP contribution in [-0.4, -0.2) is 16.8 Å². The lowest BCUT2D eigenvalue weighted by molar-refractivity contribution is 0.0919. The quantitative estimate of drug-likeness (QED) is 0.218. The second kappa shape index (κ2) is 4.00. The van der Waals surface area contributed by atoms with Gasteiger partial charge in [0.1, 0.15) is 4.88 Å². The third-order valence-electron chi connectivity index (χ3n) is 1.33. The Morgan fingerprint density at radius 3 is 2.29 bits per heavy atom. The molecular formula is C5H8N6O2S. The fourth-order valence-corrected chi connectivity index (χ4v) is 1.51. The van der Waals surface area contributed by atoms with Crippen LogP contribution in [0.25, 0.3) is 0 Å². The predicted molar refractivity (Wildman–Crippen MR) is 49.8 cm³/mol. The minimum absolute atomic E-state index is 0.0213. The maximum atomic E-state index is 11.1. The summed E-state index contributed by atoms with van der Waals surface area (Å²) < 4.78 is 0. The number of amides is 2. The molecule has 2 amide bonds. The monoisotopic (exact) mass is 216 g/mol. The number of nitrogen functional groups attached to an aromatic ring is 3. The fraction of sp³-hybridized carbons (Fsp3) is 0. The Labute approximate surface area is 82.4 Å². The summed E-state index contributed by atoms with van der Waals surface area (Å²) in [5.74, 6) is 8.45. The standard InChI is InChI=1S/C5H8N6O2S/c6-5-9-1(3(12)10-7)2(14-5)4(13)11-8/h7-8H2,(H2,6,9)(H,10,12)(H,11,13). The molecule has 0 aliphatic heterocycles. The first kappa shape index (κ1) is 10.4. The topological polar surface area (TPSA) is 149 Å². The van der Waals surface area contributed by atoms with Crippen molar-refractivity contribution in [1.82, 2.24) is 15.8 Å². The van der Waals surface area contributed by atoms with E-state index in [1.165, 1.54) is 0 Å². The number of nitrogens with zero attached hydrogens (tertiary/aromatic N) is 1. The third-order valence-corrected chi connectivity index (χ3v) is 2.21. The summed E-state index contributed by atoms with van der Waals surface area (Å²) in [6.07, 6.45) is 0. The van der Waals surface area contributed by atoms with E-state index in [1.54, 1.807) is 0 Å². The second-order valence-electron chi connectivity index (χ2n) is 2.18. The SMILES string of the molecule is NNC(=O)c1nc(N)sc1C(=O)NN. The number of aromatic nitrogens is 1. The normalized spacial score (nSPS) is 9.57. The zero-order chi connectivity index (χ0) is 10.7. The van der Waals surface area contributed by atoms with Crippen LogP contribution in [0.1, 0.15) is 20.2 Å². The van der Waals surface area contributed by atoms with Crippen molar-refractivity contribution in [2.45, 2.75) is 0 Å². The van der Waals surface area contributed by atoms with Crippen LogP contribution in [0.15, 0.2) is 0 Å². The molecule has 0 unspecified atom stereocenters. The molecule has 0 atom stereocenters. The fourth-order valence-electron chi connectivity index (χ4n) is 0.778. The number of carbonyl (C=O) groups excluding carboxylic acids is 2. The van der Waals surface area contributed by atoms with Crippen LogP contribution in [-0.2, 0) is 0 Å². The number of hydrogen-bond donors (Lipinski definition) is 5. The van der Waals surface area contributed by atoms with Gasteiger partial charge in [-0.05, 0) is 0 Å². The first-order valence-electron chi connectivity index (χ1n) is 3.38. The van der Waals surface area contributed by atoms with Gasteiger partial charge < -0.3 is 5.73 Å². The molecule has 0 spiro atoms. The molecule has 1 rings (SSSR count). The Morgan fingerprint density at radius 2 is 1.79 bits per heavy atom. The summed E-state index contributed by atoms with van der Waals surface area (Å²) in [6.45, 7) is 0. The molecule has 0 radical (unpaired) electrons. The van der Waals surface area contributed by atoms with Crippen LogP contribution in [0.4, 0.5) is 5.13 Å². The second-order valence-corrected chi connectivity index (χ2v) is 3.21. The third kappa shape index (κ3) is 1.79. The number of nitrogens with one attached hydrogen (secondary N) is 2. The highest BCUT2D eigenvalue weighted by Gasteiger charge is 2.21. The van der Waals surface area contributed by atoms with Crippen LogP contribution < -0.4 is 28.3 Å². The molecule has 8 N–H and O–H groups in total. The highest BCUT2D eigenvalue weighted by molar-refractivity contribution is 7.17. The maximum Gasteiger partial charge on any atom is 0.285 e. The van der Waals surface area contributed by atoms with Gasteiger partial charge in [-0.3, -0.25) is 20.4 Å². The van der Waals surface area contributed by atoms with Crippen molar-refractivity contribution in [1.29, 1.82) is 0 Å². The molecule has 0 saturated heterocycles. The summed E-state index contributed by atoms with van der Waals surface area (Å²) in [4.78, 5) is 25.9. The number of nitrogens with two attached hydrogens (primary N) is 3. The van der Waals surface area contributed by atoms with Gasteiger partial charge in [-0.25, -0.2) is 16.7 Å². The van der Waals surface area contributed by atoms with Crippen molar-refractivity contribution in [2.24, 2.45) is 11.7 Å². The average Bonchev–Trinajstić information content (AvgIpc) is 2.58. The molecule has 0 fully saturated rings. The van der Waals surface area contributed by atoms with E-state index in [1.807, 2.05) is 10.9 Å². The number of hydrazine groups is 2. The van der Waals surface area contributed by atoms with E-state index < -0.39 is 11.8 Å². The summed E-state index contributed by atoms with van der Waals surface area (Å²) in [5, 5.41) is 0.0854. The van der Waals surface area contributed by atoms with E-state index in [0.29, 0.717) is 0 Å². The van der Waals surface area contributed by atoms with Crippen molar-refractivity contribution < 1.29 is 9.59 Å². The lowest BCUT2D eigenvalue weighted by atomic mass is 10.3. The molecule has 76 valence electrons. The average molecular weight is 216 g/mol. The highest BCUT2D eigenvalue weighted by atomic mass is 32.1. The lowest BCUT2D eigenvalue weighted by Gasteiger charge is -1.98. The first-order valence-corrected chi connectivity index (χ1v) is 4.20. The number of rotatable bonds is 2. The van der Waals surface area contributed by atoms with Crippen LogP contribution in [0, 0.1) is 0 Å². The minimum Gasteiger partial charge on any atom is -0.375 e. The van der Waals surface area contributed by atoms with Crippen LogP contribution in [0.2, 0.25) is 0 Å². The molecule has 0 aliphatic carbocycles. The largest absolute Gasteiger partial charge is 0.375 e. The Bertz CT molecular complexity index is 341. The molecule has 14 heavy (non-hydrogen) atoms. The molecule has 1 aromatic rings. The predicted octanol–water partition coefficient (Wildman–Crippen LogP) is -2.07. The molecule has 1 aromatic heterocycles. The Morgan fingerprint density at radius 1 is 1.21 bits per heavy atom. The molecule has 9 heteroatoms. The van der Waals surface area contributed by atoms with Gasteiger partial charge in [-0.15, -0.1) is 0 Å². The molecule has 0 saturated carbocycles. The summed E-state index contributed by atoms with van der Waals surface area (Å²) in [6, 6.07) is 0. The van der Waals surface area contributed by atoms with Crippen molar-refractivity contribution in [3.63, 3.8) is 0 Å². The van der Waals surface area contributed by atoms with E-state index in [-0.39, 0.29) is 15.7 Å². The van der Waals surface area contributed by atoms with Crippen LogP contribution in [0.3, 0.4) is 0 Å². The van der Waals surface area contributed by atoms with E-state index >= 15 is 0 Å². The Balaban J connectivity index is 3.15.